The van der Waals surface area contributed by atoms with Crippen LogP contribution >= 0.6 is 12.2 Å². The molecule has 1 heterocycles. The Bertz CT molecular complexity index is 460. The van der Waals surface area contributed by atoms with Crippen LogP contribution in [0.25, 0.3) is 0 Å². The Hall–Kier alpha value is -2.09. The van der Waals surface area contributed by atoms with E-state index in [1.807, 2.05) is 0 Å². The zero-order valence-electron chi connectivity index (χ0n) is 8.38. The Morgan fingerprint density at radius 3 is 3.00 bits per heavy atom. The number of hydrogen-bond donors (Lipinski definition) is 2. The number of nitrogens with zero attached hydrogens (tertiary/aromatic N) is 3. The summed E-state index contributed by atoms with van der Waals surface area (Å²) in [4.78, 5) is 13.9. The van der Waals surface area contributed by atoms with Crippen molar-refractivity contribution < 1.29 is 4.92 Å². The van der Waals surface area contributed by atoms with Crippen LogP contribution in [0.3, 0.4) is 0 Å². The van der Waals surface area contributed by atoms with Crippen LogP contribution in [0.1, 0.15) is 11.3 Å². The first kappa shape index (κ1) is 12.0. The van der Waals surface area contributed by atoms with Crippen molar-refractivity contribution in [3.63, 3.8) is 0 Å². The standard InChI is InChI=1S/C8H9N5O2S/c1-5-2-6(3-11-12-8(9)16)10-4-7(5)13(14)15/h2-4H,1H3,(H3,9,12,16). The monoisotopic (exact) mass is 239 g/mol. The van der Waals surface area contributed by atoms with Crippen molar-refractivity contribution >= 4 is 29.2 Å². The van der Waals surface area contributed by atoms with Crippen molar-refractivity contribution in [3.8, 4) is 0 Å². The van der Waals surface area contributed by atoms with Gasteiger partial charge in [0.15, 0.2) is 5.11 Å². The molecule has 1 rings (SSSR count). The Labute approximate surface area is 96.5 Å². The summed E-state index contributed by atoms with van der Waals surface area (Å²) in [5.41, 5.74) is 8.46. The summed E-state index contributed by atoms with van der Waals surface area (Å²) in [7, 11) is 0. The fourth-order valence-corrected chi connectivity index (χ4v) is 1.05. The predicted octanol–water partition coefficient (Wildman–Crippen LogP) is 0.465. The van der Waals surface area contributed by atoms with Gasteiger partial charge in [0, 0.05) is 5.56 Å². The van der Waals surface area contributed by atoms with Crippen LogP contribution in [-0.4, -0.2) is 21.2 Å². The van der Waals surface area contributed by atoms with Gasteiger partial charge >= 0.3 is 0 Å². The molecule has 0 aliphatic heterocycles. The predicted molar refractivity (Wildman–Crippen MR) is 63.1 cm³/mol. The first-order chi connectivity index (χ1) is 7.50. The molecule has 8 heteroatoms. The molecule has 0 radical (unpaired) electrons. The largest absolute Gasteiger partial charge is 0.375 e. The van der Waals surface area contributed by atoms with Crippen molar-refractivity contribution in [1.29, 1.82) is 0 Å². The highest BCUT2D eigenvalue weighted by atomic mass is 32.1. The highest BCUT2D eigenvalue weighted by Gasteiger charge is 2.10. The molecule has 16 heavy (non-hydrogen) atoms. The molecule has 1 aromatic heterocycles. The molecule has 0 aliphatic carbocycles. The van der Waals surface area contributed by atoms with E-state index < -0.39 is 4.92 Å². The number of pyridine rings is 1. The van der Waals surface area contributed by atoms with Crippen LogP contribution in [0.2, 0.25) is 0 Å². The van der Waals surface area contributed by atoms with Crippen molar-refractivity contribution in [3.05, 3.63) is 33.6 Å². The molecule has 0 fully saturated rings. The lowest BCUT2D eigenvalue weighted by Crippen LogP contribution is -2.24. The summed E-state index contributed by atoms with van der Waals surface area (Å²) < 4.78 is 0. The van der Waals surface area contributed by atoms with Gasteiger partial charge < -0.3 is 5.73 Å². The zero-order valence-corrected chi connectivity index (χ0v) is 9.19. The van der Waals surface area contributed by atoms with Crippen molar-refractivity contribution in [1.82, 2.24) is 10.4 Å². The van der Waals surface area contributed by atoms with Gasteiger partial charge in [-0.05, 0) is 25.2 Å². The molecule has 0 bridgehead atoms. The molecule has 3 N–H and O–H groups in total. The molecule has 7 nitrogen and oxygen atoms in total. The normalized spacial score (nSPS) is 10.3. The Kier molecular flexibility index (Phi) is 3.84. The van der Waals surface area contributed by atoms with Crippen LogP contribution in [0.4, 0.5) is 5.69 Å². The average Bonchev–Trinajstić information content (AvgIpc) is 2.16. The quantitative estimate of drug-likeness (QED) is 0.343. The van der Waals surface area contributed by atoms with Crippen molar-refractivity contribution in [2.75, 3.05) is 0 Å². The molecular weight excluding hydrogens is 230 g/mol. The molecule has 1 aromatic rings. The van der Waals surface area contributed by atoms with Crippen LogP contribution in [0.15, 0.2) is 17.4 Å². The lowest BCUT2D eigenvalue weighted by Gasteiger charge is -1.98. The van der Waals surface area contributed by atoms with E-state index in [-0.39, 0.29) is 10.8 Å². The van der Waals surface area contributed by atoms with Gasteiger partial charge in [0.2, 0.25) is 0 Å². The third kappa shape index (κ3) is 3.24. The third-order valence-corrected chi connectivity index (χ3v) is 1.76. The Balaban J connectivity index is 2.85. The summed E-state index contributed by atoms with van der Waals surface area (Å²) in [6.07, 6.45) is 2.55. The van der Waals surface area contributed by atoms with E-state index in [0.717, 1.165) is 0 Å². The maximum absolute atomic E-state index is 10.5. The number of hydrogen-bond acceptors (Lipinski definition) is 5. The molecule has 0 amide bonds. The lowest BCUT2D eigenvalue weighted by molar-refractivity contribution is -0.385. The molecule has 0 spiro atoms. The van der Waals surface area contributed by atoms with Crippen LogP contribution in [0.5, 0.6) is 0 Å². The number of hydrazone groups is 1. The number of thiocarbonyl (C=S) groups is 1. The SMILES string of the molecule is Cc1cc(C=NNC(N)=S)ncc1[N+](=O)[O-]. The van der Waals surface area contributed by atoms with Gasteiger partial charge in [-0.1, -0.05) is 0 Å². The second-order valence-electron chi connectivity index (χ2n) is 2.89. The summed E-state index contributed by atoms with van der Waals surface area (Å²) in [6.45, 7) is 1.62. The van der Waals surface area contributed by atoms with E-state index in [1.54, 1.807) is 13.0 Å². The first-order valence-corrected chi connectivity index (χ1v) is 4.61. The number of aromatic nitrogens is 1. The maximum Gasteiger partial charge on any atom is 0.290 e. The fraction of sp³-hybridized carbons (Fsp3) is 0.125. The maximum atomic E-state index is 10.5. The van der Waals surface area contributed by atoms with E-state index in [9.17, 15) is 10.1 Å². The topological polar surface area (TPSA) is 106 Å². The lowest BCUT2D eigenvalue weighted by atomic mass is 10.2. The van der Waals surface area contributed by atoms with Crippen molar-refractivity contribution in [2.24, 2.45) is 10.8 Å². The second-order valence-corrected chi connectivity index (χ2v) is 3.33. The van der Waals surface area contributed by atoms with E-state index in [1.165, 1.54) is 12.4 Å². The number of nitro groups is 1. The second kappa shape index (κ2) is 5.12. The van der Waals surface area contributed by atoms with Gasteiger partial charge in [0.05, 0.1) is 16.8 Å². The molecule has 0 atom stereocenters. The van der Waals surface area contributed by atoms with Crippen LogP contribution < -0.4 is 11.2 Å². The highest BCUT2D eigenvalue weighted by molar-refractivity contribution is 7.80. The third-order valence-electron chi connectivity index (χ3n) is 1.67. The number of rotatable bonds is 3. The van der Waals surface area contributed by atoms with Gasteiger partial charge in [0.25, 0.3) is 5.69 Å². The summed E-state index contributed by atoms with van der Waals surface area (Å²) >= 11 is 4.53. The van der Waals surface area contributed by atoms with Gasteiger partial charge in [-0.15, -0.1) is 0 Å². The summed E-state index contributed by atoms with van der Waals surface area (Å²) in [6, 6.07) is 1.54. The van der Waals surface area contributed by atoms with Gasteiger partial charge in [-0.3, -0.25) is 15.5 Å². The van der Waals surface area contributed by atoms with Crippen LogP contribution in [-0.2, 0) is 0 Å². The van der Waals surface area contributed by atoms with Crippen LogP contribution in [0, 0.1) is 17.0 Å². The molecular formula is C8H9N5O2S. The number of nitrogens with two attached hydrogens (primary N) is 1. The van der Waals surface area contributed by atoms with Gasteiger partial charge in [-0.25, -0.2) is 4.98 Å². The molecule has 0 aromatic carbocycles. The van der Waals surface area contributed by atoms with Gasteiger partial charge in [-0.2, -0.15) is 5.10 Å². The molecule has 0 aliphatic rings. The van der Waals surface area contributed by atoms with Crippen molar-refractivity contribution in [2.45, 2.75) is 6.92 Å². The summed E-state index contributed by atoms with van der Waals surface area (Å²) in [5.74, 6) is 0. The Morgan fingerprint density at radius 1 is 1.81 bits per heavy atom. The summed E-state index contributed by atoms with van der Waals surface area (Å²) in [5, 5.41) is 14.2. The number of nitrogens with one attached hydrogen (secondary N) is 1. The number of aryl methyl sites for hydroxylation is 1. The minimum atomic E-state index is -0.490. The molecule has 0 unspecified atom stereocenters. The zero-order chi connectivity index (χ0) is 12.1. The first-order valence-electron chi connectivity index (χ1n) is 4.20. The van der Waals surface area contributed by atoms with E-state index >= 15 is 0 Å². The van der Waals surface area contributed by atoms with E-state index in [2.05, 4.69) is 27.7 Å². The highest BCUT2D eigenvalue weighted by Crippen LogP contribution is 2.15. The molecule has 0 saturated heterocycles. The minimum absolute atomic E-state index is 0.0283. The Morgan fingerprint density at radius 2 is 2.50 bits per heavy atom. The average molecular weight is 239 g/mol. The molecule has 84 valence electrons. The fourth-order valence-electron chi connectivity index (χ4n) is 0.994. The van der Waals surface area contributed by atoms with Gasteiger partial charge in [0.1, 0.15) is 6.20 Å². The smallest absolute Gasteiger partial charge is 0.290 e. The minimum Gasteiger partial charge on any atom is -0.375 e. The molecule has 0 saturated carbocycles. The van der Waals surface area contributed by atoms with E-state index in [0.29, 0.717) is 11.3 Å². The van der Waals surface area contributed by atoms with E-state index in [4.69, 9.17) is 5.73 Å².